The van der Waals surface area contributed by atoms with Gasteiger partial charge in [0.2, 0.25) is 0 Å². The maximum absolute atomic E-state index is 12.5. The monoisotopic (exact) mass is 378 g/mol. The lowest BCUT2D eigenvalue weighted by Gasteiger charge is -2.27. The molecular formula is C22H34O5. The van der Waals surface area contributed by atoms with Crippen molar-refractivity contribution in [3.63, 3.8) is 0 Å². The zero-order valence-electron chi connectivity index (χ0n) is 17.7. The summed E-state index contributed by atoms with van der Waals surface area (Å²) in [7, 11) is 0. The number of hydrogen-bond donors (Lipinski definition) is 0. The van der Waals surface area contributed by atoms with Crippen molar-refractivity contribution in [2.24, 2.45) is 11.8 Å². The molecule has 0 aromatic heterocycles. The van der Waals surface area contributed by atoms with Crippen molar-refractivity contribution < 1.29 is 23.8 Å². The van der Waals surface area contributed by atoms with E-state index in [4.69, 9.17) is 14.2 Å². The molecule has 1 aromatic rings. The van der Waals surface area contributed by atoms with Gasteiger partial charge in [-0.2, -0.15) is 0 Å². The first-order valence-electron chi connectivity index (χ1n) is 9.62. The van der Waals surface area contributed by atoms with E-state index in [0.29, 0.717) is 12.3 Å². The van der Waals surface area contributed by atoms with Crippen molar-refractivity contribution in [2.45, 2.75) is 79.1 Å². The number of hydrogen-bond acceptors (Lipinski definition) is 5. The van der Waals surface area contributed by atoms with Crippen LogP contribution in [0.25, 0.3) is 0 Å². The maximum Gasteiger partial charge on any atom is 0.309 e. The minimum Gasteiger partial charge on any atom is -0.487 e. The number of ether oxygens (including phenoxy) is 3. The summed E-state index contributed by atoms with van der Waals surface area (Å²) < 4.78 is 16.9. The Balaban J connectivity index is 2.68. The highest BCUT2D eigenvalue weighted by Crippen LogP contribution is 2.21. The predicted octanol–water partition coefficient (Wildman–Crippen LogP) is 4.78. The number of esters is 2. The van der Waals surface area contributed by atoms with Crippen LogP contribution in [0, 0.1) is 11.8 Å². The standard InChI is InChI=1S/C22H34O5/c1-15(2)13-19(17(4)25-18-11-9-8-10-12-18)26-21(24)16(3)14-20(23)27-22(5,6)7/h8-12,15-17,19H,13-14H2,1-7H3/t16-,17-,19+/m1/s1. The fraction of sp³-hybridized carbons (Fsp3) is 0.636. The molecule has 0 saturated heterocycles. The van der Waals surface area contributed by atoms with Crippen LogP contribution in [0.5, 0.6) is 5.75 Å². The highest BCUT2D eigenvalue weighted by Gasteiger charge is 2.29. The highest BCUT2D eigenvalue weighted by atomic mass is 16.6. The van der Waals surface area contributed by atoms with Crippen LogP contribution in [0.4, 0.5) is 0 Å². The molecule has 1 aromatic carbocycles. The third-order valence-electron chi connectivity index (χ3n) is 3.86. The SMILES string of the molecule is CC(C)C[C@H](OC(=O)[C@H](C)CC(=O)OC(C)(C)C)[C@@H](C)Oc1ccccc1. The van der Waals surface area contributed by atoms with Crippen molar-refractivity contribution in [3.8, 4) is 5.75 Å². The van der Waals surface area contributed by atoms with E-state index in [9.17, 15) is 9.59 Å². The van der Waals surface area contributed by atoms with Gasteiger partial charge in [0.25, 0.3) is 0 Å². The molecule has 3 atom stereocenters. The van der Waals surface area contributed by atoms with Gasteiger partial charge < -0.3 is 14.2 Å². The lowest BCUT2D eigenvalue weighted by Crippen LogP contribution is -2.36. The van der Waals surface area contributed by atoms with E-state index in [1.165, 1.54) is 0 Å². The molecule has 5 heteroatoms. The number of rotatable bonds is 9. The normalized spacial score (nSPS) is 15.0. The van der Waals surface area contributed by atoms with E-state index in [1.54, 1.807) is 27.7 Å². The molecule has 0 N–H and O–H groups in total. The molecule has 0 aliphatic heterocycles. The molecule has 0 spiro atoms. The molecule has 0 bridgehead atoms. The minimum atomic E-state index is -0.571. The lowest BCUT2D eigenvalue weighted by molar-refractivity contribution is -0.166. The quantitative estimate of drug-likeness (QED) is 0.579. The molecule has 0 aliphatic carbocycles. The molecule has 0 aliphatic rings. The summed E-state index contributed by atoms with van der Waals surface area (Å²) in [6, 6.07) is 9.45. The Labute approximate surface area is 163 Å². The maximum atomic E-state index is 12.5. The summed E-state index contributed by atoms with van der Waals surface area (Å²) in [5, 5.41) is 0. The van der Waals surface area contributed by atoms with Crippen molar-refractivity contribution in [1.82, 2.24) is 0 Å². The predicted molar refractivity (Wildman–Crippen MR) is 105 cm³/mol. The average Bonchev–Trinajstić information content (AvgIpc) is 2.52. The molecule has 1 rings (SSSR count). The molecule has 0 fully saturated rings. The van der Waals surface area contributed by atoms with E-state index in [2.05, 4.69) is 13.8 Å². The zero-order chi connectivity index (χ0) is 20.6. The first-order valence-corrected chi connectivity index (χ1v) is 9.62. The van der Waals surface area contributed by atoms with Crippen LogP contribution in [-0.2, 0) is 19.1 Å². The minimum absolute atomic E-state index is 0.00156. The van der Waals surface area contributed by atoms with Crippen LogP contribution in [0.2, 0.25) is 0 Å². The number of carbonyl (C=O) groups excluding carboxylic acids is 2. The van der Waals surface area contributed by atoms with Crippen LogP contribution in [0.1, 0.15) is 61.3 Å². The van der Waals surface area contributed by atoms with Gasteiger partial charge in [0.05, 0.1) is 12.3 Å². The van der Waals surface area contributed by atoms with Gasteiger partial charge >= 0.3 is 11.9 Å². The second kappa shape index (κ2) is 10.3. The lowest BCUT2D eigenvalue weighted by atomic mass is 10.0. The van der Waals surface area contributed by atoms with Crippen molar-refractivity contribution >= 4 is 11.9 Å². The fourth-order valence-corrected chi connectivity index (χ4v) is 2.57. The van der Waals surface area contributed by atoms with Gasteiger partial charge in [-0.3, -0.25) is 9.59 Å². The van der Waals surface area contributed by atoms with Crippen LogP contribution < -0.4 is 4.74 Å². The first kappa shape index (κ1) is 23.0. The zero-order valence-corrected chi connectivity index (χ0v) is 17.7. The number of carbonyl (C=O) groups is 2. The van der Waals surface area contributed by atoms with E-state index < -0.39 is 29.6 Å². The fourth-order valence-electron chi connectivity index (χ4n) is 2.57. The third kappa shape index (κ3) is 9.45. The highest BCUT2D eigenvalue weighted by molar-refractivity contribution is 5.79. The van der Waals surface area contributed by atoms with Crippen molar-refractivity contribution in [2.75, 3.05) is 0 Å². The molecule has 152 valence electrons. The Morgan fingerprint density at radius 1 is 1.00 bits per heavy atom. The summed E-state index contributed by atoms with van der Waals surface area (Å²) in [4.78, 5) is 24.5. The van der Waals surface area contributed by atoms with Crippen LogP contribution in [-0.4, -0.2) is 29.7 Å². The molecule has 27 heavy (non-hydrogen) atoms. The average molecular weight is 379 g/mol. The van der Waals surface area contributed by atoms with Crippen LogP contribution >= 0.6 is 0 Å². The van der Waals surface area contributed by atoms with Gasteiger partial charge in [0.15, 0.2) is 0 Å². The molecule has 0 unspecified atom stereocenters. The van der Waals surface area contributed by atoms with Gasteiger partial charge in [0, 0.05) is 0 Å². The van der Waals surface area contributed by atoms with E-state index in [1.807, 2.05) is 37.3 Å². The summed E-state index contributed by atoms with van der Waals surface area (Å²) in [6.45, 7) is 13.1. The largest absolute Gasteiger partial charge is 0.487 e. The molecule has 0 heterocycles. The topological polar surface area (TPSA) is 61.8 Å². The number of para-hydroxylation sites is 1. The Bertz CT molecular complexity index is 588. The van der Waals surface area contributed by atoms with Gasteiger partial charge in [-0.25, -0.2) is 0 Å². The Morgan fingerprint density at radius 2 is 1.59 bits per heavy atom. The molecule has 5 nitrogen and oxygen atoms in total. The first-order chi connectivity index (χ1) is 12.5. The van der Waals surface area contributed by atoms with Crippen LogP contribution in [0.3, 0.4) is 0 Å². The van der Waals surface area contributed by atoms with E-state index in [-0.39, 0.29) is 12.5 Å². The van der Waals surface area contributed by atoms with Gasteiger partial charge in [-0.15, -0.1) is 0 Å². The Kier molecular flexibility index (Phi) is 8.80. The van der Waals surface area contributed by atoms with Gasteiger partial charge in [0.1, 0.15) is 23.6 Å². The smallest absolute Gasteiger partial charge is 0.309 e. The molecular weight excluding hydrogens is 344 g/mol. The Hall–Kier alpha value is -2.04. The Morgan fingerprint density at radius 3 is 2.11 bits per heavy atom. The van der Waals surface area contributed by atoms with Gasteiger partial charge in [-0.05, 0) is 52.2 Å². The third-order valence-corrected chi connectivity index (χ3v) is 3.86. The molecule has 0 radical (unpaired) electrons. The van der Waals surface area contributed by atoms with Crippen molar-refractivity contribution in [1.29, 1.82) is 0 Å². The second-order valence-electron chi connectivity index (χ2n) is 8.43. The van der Waals surface area contributed by atoms with E-state index in [0.717, 1.165) is 5.75 Å². The van der Waals surface area contributed by atoms with Crippen LogP contribution in [0.15, 0.2) is 30.3 Å². The van der Waals surface area contributed by atoms with E-state index >= 15 is 0 Å². The summed E-state index contributed by atoms with van der Waals surface area (Å²) in [5.74, 6) is -0.309. The summed E-state index contributed by atoms with van der Waals surface area (Å²) in [6.07, 6.45) is -0.0107. The summed E-state index contributed by atoms with van der Waals surface area (Å²) >= 11 is 0. The summed E-state index contributed by atoms with van der Waals surface area (Å²) in [5.41, 5.74) is -0.571. The van der Waals surface area contributed by atoms with Crippen molar-refractivity contribution in [3.05, 3.63) is 30.3 Å². The second-order valence-corrected chi connectivity index (χ2v) is 8.43. The molecule has 0 amide bonds. The van der Waals surface area contributed by atoms with Gasteiger partial charge in [-0.1, -0.05) is 39.0 Å². The number of benzene rings is 1. The molecule has 0 saturated carbocycles.